The van der Waals surface area contributed by atoms with Crippen LogP contribution in [0.25, 0.3) is 0 Å². The highest BCUT2D eigenvalue weighted by Crippen LogP contribution is 2.37. The van der Waals surface area contributed by atoms with Gasteiger partial charge in [0.05, 0.1) is 0 Å². The lowest BCUT2D eigenvalue weighted by Crippen LogP contribution is -2.40. The molecule has 2 unspecified atom stereocenters. The monoisotopic (exact) mass is 209 g/mol. The Kier molecular flexibility index (Phi) is 3.71. The lowest BCUT2D eigenvalue weighted by Gasteiger charge is -2.31. The van der Waals surface area contributed by atoms with E-state index in [1.807, 2.05) is 0 Å². The Bertz CT molecular complexity index is 196. The second kappa shape index (κ2) is 4.86. The summed E-state index contributed by atoms with van der Waals surface area (Å²) >= 11 is 0. The van der Waals surface area contributed by atoms with Crippen LogP contribution in [-0.2, 0) is 0 Å². The maximum Gasteiger partial charge on any atom is 0.0157 e. The molecular weight excluding hydrogens is 182 g/mol. The summed E-state index contributed by atoms with van der Waals surface area (Å²) in [6.45, 7) is 2.39. The van der Waals surface area contributed by atoms with Crippen LogP contribution in [0.4, 0.5) is 0 Å². The van der Waals surface area contributed by atoms with E-state index in [1.165, 1.54) is 64.2 Å². The van der Waals surface area contributed by atoms with Gasteiger partial charge in [0.1, 0.15) is 0 Å². The van der Waals surface area contributed by atoms with Gasteiger partial charge in [-0.3, -0.25) is 0 Å². The summed E-state index contributed by atoms with van der Waals surface area (Å²) in [5.41, 5.74) is 6.81. The lowest BCUT2D eigenvalue weighted by atomic mass is 9.81. The van der Waals surface area contributed by atoms with E-state index in [-0.39, 0.29) is 5.54 Å². The minimum absolute atomic E-state index is 0.208. The largest absolute Gasteiger partial charge is 0.325 e. The van der Waals surface area contributed by atoms with Crippen molar-refractivity contribution in [3.63, 3.8) is 0 Å². The Morgan fingerprint density at radius 2 is 1.73 bits per heavy atom. The van der Waals surface area contributed by atoms with Crippen LogP contribution in [0.3, 0.4) is 0 Å². The number of nitrogens with two attached hydrogens (primary N) is 1. The fourth-order valence-corrected chi connectivity index (χ4v) is 3.60. The molecule has 2 atom stereocenters. The fraction of sp³-hybridized carbons (Fsp3) is 1.00. The molecule has 0 aliphatic heterocycles. The first-order valence-electron chi connectivity index (χ1n) is 6.97. The molecule has 2 aliphatic carbocycles. The average molecular weight is 209 g/mol. The van der Waals surface area contributed by atoms with Crippen molar-refractivity contribution in [3.05, 3.63) is 0 Å². The van der Waals surface area contributed by atoms with Crippen molar-refractivity contribution in [3.8, 4) is 0 Å². The Morgan fingerprint density at radius 1 is 1.00 bits per heavy atom. The normalized spacial score (nSPS) is 39.2. The minimum Gasteiger partial charge on any atom is -0.325 e. The highest BCUT2D eigenvalue weighted by molar-refractivity contribution is 4.90. The fourth-order valence-electron chi connectivity index (χ4n) is 3.60. The van der Waals surface area contributed by atoms with E-state index < -0.39 is 0 Å². The second-order valence-corrected chi connectivity index (χ2v) is 6.25. The van der Waals surface area contributed by atoms with Crippen molar-refractivity contribution in [1.82, 2.24) is 0 Å². The Balaban J connectivity index is 1.86. The zero-order chi connectivity index (χ0) is 10.7. The highest BCUT2D eigenvalue weighted by Gasteiger charge is 2.31. The van der Waals surface area contributed by atoms with Gasteiger partial charge in [-0.25, -0.2) is 0 Å². The van der Waals surface area contributed by atoms with E-state index in [2.05, 4.69) is 6.92 Å². The molecule has 2 N–H and O–H groups in total. The van der Waals surface area contributed by atoms with E-state index in [0.29, 0.717) is 0 Å². The molecule has 2 saturated carbocycles. The molecule has 2 fully saturated rings. The van der Waals surface area contributed by atoms with Gasteiger partial charge in [0.25, 0.3) is 0 Å². The van der Waals surface area contributed by atoms with Crippen molar-refractivity contribution >= 4 is 0 Å². The van der Waals surface area contributed by atoms with E-state index in [0.717, 1.165) is 11.8 Å². The Labute approximate surface area is 94.8 Å². The summed E-state index contributed by atoms with van der Waals surface area (Å²) in [5, 5.41) is 0. The van der Waals surface area contributed by atoms with Gasteiger partial charge in [0.15, 0.2) is 0 Å². The summed E-state index contributed by atoms with van der Waals surface area (Å²) in [6, 6.07) is 0. The molecule has 0 aromatic heterocycles. The van der Waals surface area contributed by atoms with Crippen molar-refractivity contribution in [2.45, 2.75) is 76.7 Å². The number of hydrogen-bond donors (Lipinski definition) is 1. The zero-order valence-electron chi connectivity index (χ0n) is 10.3. The zero-order valence-corrected chi connectivity index (χ0v) is 10.3. The first-order chi connectivity index (χ1) is 7.18. The summed E-state index contributed by atoms with van der Waals surface area (Å²) in [6.07, 6.45) is 13.8. The molecule has 0 bridgehead atoms. The van der Waals surface area contributed by atoms with Crippen LogP contribution in [0.15, 0.2) is 0 Å². The molecule has 1 nitrogen and oxygen atoms in total. The first kappa shape index (κ1) is 11.4. The molecule has 0 heterocycles. The molecule has 88 valence electrons. The molecule has 0 aromatic carbocycles. The first-order valence-corrected chi connectivity index (χ1v) is 6.97. The second-order valence-electron chi connectivity index (χ2n) is 6.25. The molecule has 0 aromatic rings. The number of hydrogen-bond acceptors (Lipinski definition) is 1. The Morgan fingerprint density at radius 3 is 2.47 bits per heavy atom. The Hall–Kier alpha value is -0.0400. The molecule has 0 amide bonds. The molecule has 2 aliphatic rings. The standard InChI is InChI=1S/C14H27N/c1-12-5-4-9-14(15,10-8-12)11-13-6-2-3-7-13/h12-13H,2-11,15H2,1H3. The van der Waals surface area contributed by atoms with Crippen LogP contribution < -0.4 is 5.73 Å². The van der Waals surface area contributed by atoms with Gasteiger partial charge >= 0.3 is 0 Å². The quantitative estimate of drug-likeness (QED) is 0.687. The van der Waals surface area contributed by atoms with E-state index in [9.17, 15) is 0 Å². The van der Waals surface area contributed by atoms with Gasteiger partial charge in [-0.1, -0.05) is 45.4 Å². The third-order valence-corrected chi connectivity index (χ3v) is 4.68. The SMILES string of the molecule is CC1CCCC(N)(CC2CCCC2)CC1. The molecular formula is C14H27N. The molecule has 0 spiro atoms. The summed E-state index contributed by atoms with van der Waals surface area (Å²) in [4.78, 5) is 0. The molecule has 0 saturated heterocycles. The predicted octanol–water partition coefficient (Wildman–Crippen LogP) is 3.86. The van der Waals surface area contributed by atoms with Crippen LogP contribution in [0.2, 0.25) is 0 Å². The van der Waals surface area contributed by atoms with Gasteiger partial charge in [0.2, 0.25) is 0 Å². The molecule has 15 heavy (non-hydrogen) atoms. The summed E-state index contributed by atoms with van der Waals surface area (Å²) in [7, 11) is 0. The molecule has 0 radical (unpaired) electrons. The highest BCUT2D eigenvalue weighted by atomic mass is 14.7. The van der Waals surface area contributed by atoms with Crippen LogP contribution in [-0.4, -0.2) is 5.54 Å². The maximum absolute atomic E-state index is 6.60. The van der Waals surface area contributed by atoms with E-state index >= 15 is 0 Å². The van der Waals surface area contributed by atoms with Gasteiger partial charge in [-0.2, -0.15) is 0 Å². The van der Waals surface area contributed by atoms with Crippen molar-refractivity contribution in [2.75, 3.05) is 0 Å². The minimum atomic E-state index is 0.208. The van der Waals surface area contributed by atoms with Crippen LogP contribution in [0, 0.1) is 11.8 Å². The van der Waals surface area contributed by atoms with Crippen molar-refractivity contribution in [1.29, 1.82) is 0 Å². The number of rotatable bonds is 2. The van der Waals surface area contributed by atoms with Gasteiger partial charge in [-0.05, 0) is 37.5 Å². The van der Waals surface area contributed by atoms with Crippen LogP contribution in [0.1, 0.15) is 71.1 Å². The van der Waals surface area contributed by atoms with E-state index in [4.69, 9.17) is 5.73 Å². The lowest BCUT2D eigenvalue weighted by molar-refractivity contribution is 0.282. The third-order valence-electron chi connectivity index (χ3n) is 4.68. The van der Waals surface area contributed by atoms with Gasteiger partial charge in [-0.15, -0.1) is 0 Å². The maximum atomic E-state index is 6.60. The molecule has 2 rings (SSSR count). The third kappa shape index (κ3) is 3.21. The average Bonchev–Trinajstić information content (AvgIpc) is 2.61. The van der Waals surface area contributed by atoms with Gasteiger partial charge < -0.3 is 5.73 Å². The van der Waals surface area contributed by atoms with Gasteiger partial charge in [0, 0.05) is 5.54 Å². The predicted molar refractivity (Wildman–Crippen MR) is 65.7 cm³/mol. The summed E-state index contributed by atoms with van der Waals surface area (Å²) < 4.78 is 0. The van der Waals surface area contributed by atoms with Crippen LogP contribution >= 0.6 is 0 Å². The van der Waals surface area contributed by atoms with Crippen molar-refractivity contribution in [2.24, 2.45) is 17.6 Å². The molecule has 1 heteroatoms. The van der Waals surface area contributed by atoms with Crippen molar-refractivity contribution < 1.29 is 0 Å². The topological polar surface area (TPSA) is 26.0 Å². The summed E-state index contributed by atoms with van der Waals surface area (Å²) in [5.74, 6) is 1.88. The van der Waals surface area contributed by atoms with Crippen LogP contribution in [0.5, 0.6) is 0 Å². The van der Waals surface area contributed by atoms with E-state index in [1.54, 1.807) is 0 Å². The smallest absolute Gasteiger partial charge is 0.0157 e.